The summed E-state index contributed by atoms with van der Waals surface area (Å²) in [5, 5.41) is 8.09. The smallest absolute Gasteiger partial charge is 0.321 e. The number of methoxy groups -OCH3 is 1. The summed E-state index contributed by atoms with van der Waals surface area (Å²) in [5.74, 6) is 0.791. The van der Waals surface area contributed by atoms with Crippen molar-refractivity contribution in [2.24, 2.45) is 0 Å². The summed E-state index contributed by atoms with van der Waals surface area (Å²) >= 11 is 1.40. The molecule has 3 rings (SSSR count). The Hall–Kier alpha value is -2.86. The Morgan fingerprint density at radius 3 is 2.52 bits per heavy atom. The fraction of sp³-hybridized carbons (Fsp3) is 0.158. The Balaban J connectivity index is 1.55. The predicted molar refractivity (Wildman–Crippen MR) is 101 cm³/mol. The Morgan fingerprint density at radius 2 is 1.84 bits per heavy atom. The van der Waals surface area contributed by atoms with Crippen molar-refractivity contribution in [1.82, 2.24) is 10.3 Å². The van der Waals surface area contributed by atoms with Crippen LogP contribution < -0.4 is 15.4 Å². The fourth-order valence-electron chi connectivity index (χ4n) is 2.26. The number of benzene rings is 2. The molecule has 25 heavy (non-hydrogen) atoms. The lowest BCUT2D eigenvalue weighted by atomic mass is 10.1. The highest BCUT2D eigenvalue weighted by Crippen LogP contribution is 2.25. The lowest BCUT2D eigenvalue weighted by molar-refractivity contribution is 0.251. The second-order valence-corrected chi connectivity index (χ2v) is 6.42. The van der Waals surface area contributed by atoms with E-state index in [0.717, 1.165) is 22.6 Å². The number of carbonyl (C=O) groups is 1. The van der Waals surface area contributed by atoms with E-state index in [4.69, 9.17) is 4.74 Å². The quantitative estimate of drug-likeness (QED) is 0.712. The Kier molecular flexibility index (Phi) is 5.30. The minimum atomic E-state index is -0.277. The van der Waals surface area contributed by atoms with Crippen molar-refractivity contribution in [2.75, 3.05) is 12.4 Å². The zero-order valence-corrected chi connectivity index (χ0v) is 14.9. The molecule has 0 unspecified atom stereocenters. The molecule has 0 aliphatic heterocycles. The molecule has 0 bridgehead atoms. The minimum Gasteiger partial charge on any atom is -0.497 e. The number of amides is 2. The molecule has 2 aromatic carbocycles. The zero-order chi connectivity index (χ0) is 17.6. The number of urea groups is 1. The van der Waals surface area contributed by atoms with Crippen molar-refractivity contribution in [3.8, 4) is 17.0 Å². The number of hydrogen-bond acceptors (Lipinski definition) is 4. The van der Waals surface area contributed by atoms with Gasteiger partial charge in [-0.05, 0) is 24.6 Å². The first-order valence-corrected chi connectivity index (χ1v) is 8.72. The molecule has 128 valence electrons. The molecule has 6 heteroatoms. The summed E-state index contributed by atoms with van der Waals surface area (Å²) < 4.78 is 5.11. The third-order valence-electron chi connectivity index (χ3n) is 3.68. The van der Waals surface area contributed by atoms with Crippen LogP contribution >= 0.6 is 11.3 Å². The number of ether oxygens (including phenoxy) is 1. The molecule has 0 fully saturated rings. The summed E-state index contributed by atoms with van der Waals surface area (Å²) in [7, 11) is 1.62. The van der Waals surface area contributed by atoms with Crippen LogP contribution in [-0.2, 0) is 6.54 Å². The van der Waals surface area contributed by atoms with Gasteiger partial charge < -0.3 is 10.1 Å². The van der Waals surface area contributed by atoms with E-state index in [0.29, 0.717) is 11.7 Å². The van der Waals surface area contributed by atoms with Crippen molar-refractivity contribution in [2.45, 2.75) is 13.5 Å². The third-order valence-corrected chi connectivity index (χ3v) is 4.44. The van der Waals surface area contributed by atoms with Gasteiger partial charge in [-0.1, -0.05) is 42.0 Å². The monoisotopic (exact) mass is 353 g/mol. The maximum Gasteiger partial charge on any atom is 0.321 e. The van der Waals surface area contributed by atoms with Crippen molar-refractivity contribution >= 4 is 22.5 Å². The van der Waals surface area contributed by atoms with Crippen LogP contribution in [0.2, 0.25) is 0 Å². The average molecular weight is 353 g/mol. The number of nitrogens with one attached hydrogen (secondary N) is 2. The van der Waals surface area contributed by atoms with E-state index < -0.39 is 0 Å². The van der Waals surface area contributed by atoms with E-state index in [-0.39, 0.29) is 6.03 Å². The van der Waals surface area contributed by atoms with Crippen LogP contribution in [0.15, 0.2) is 53.9 Å². The number of thiazole rings is 1. The molecule has 2 amide bonds. The molecule has 0 spiro atoms. The van der Waals surface area contributed by atoms with Crippen molar-refractivity contribution < 1.29 is 9.53 Å². The number of rotatable bonds is 5. The topological polar surface area (TPSA) is 63.2 Å². The molecule has 1 heterocycles. The zero-order valence-electron chi connectivity index (χ0n) is 14.1. The summed E-state index contributed by atoms with van der Waals surface area (Å²) in [4.78, 5) is 16.5. The lowest BCUT2D eigenvalue weighted by Gasteiger charge is -2.06. The van der Waals surface area contributed by atoms with Crippen LogP contribution in [0.25, 0.3) is 11.3 Å². The summed E-state index contributed by atoms with van der Waals surface area (Å²) in [6, 6.07) is 15.4. The number of aromatic nitrogens is 1. The van der Waals surface area contributed by atoms with Gasteiger partial charge in [0.1, 0.15) is 5.75 Å². The van der Waals surface area contributed by atoms with Gasteiger partial charge in [0.2, 0.25) is 0 Å². The molecular formula is C19H19N3O2S. The Labute approximate surface area is 150 Å². The molecule has 0 saturated heterocycles. The predicted octanol–water partition coefficient (Wildman–Crippen LogP) is 4.45. The standard InChI is InChI=1S/C19H19N3O2S/c1-13-3-7-15(8-4-13)17-12-25-19(21-17)22-18(23)20-11-14-5-9-16(24-2)10-6-14/h3-10,12H,11H2,1-2H3,(H2,20,21,22,23). The van der Waals surface area contributed by atoms with Crippen LogP contribution in [0.1, 0.15) is 11.1 Å². The Morgan fingerprint density at radius 1 is 1.12 bits per heavy atom. The molecule has 0 radical (unpaired) electrons. The average Bonchev–Trinajstić information content (AvgIpc) is 3.09. The summed E-state index contributed by atoms with van der Waals surface area (Å²) in [6.07, 6.45) is 0. The van der Waals surface area contributed by atoms with Gasteiger partial charge in [-0.2, -0.15) is 0 Å². The van der Waals surface area contributed by atoms with Gasteiger partial charge >= 0.3 is 6.03 Å². The number of hydrogen-bond donors (Lipinski definition) is 2. The normalized spacial score (nSPS) is 10.3. The second kappa shape index (κ2) is 7.81. The maximum absolute atomic E-state index is 12.0. The van der Waals surface area contributed by atoms with Crippen LogP contribution in [-0.4, -0.2) is 18.1 Å². The Bertz CT molecular complexity index is 842. The van der Waals surface area contributed by atoms with Gasteiger partial charge in [0, 0.05) is 17.5 Å². The van der Waals surface area contributed by atoms with Gasteiger partial charge in [-0.15, -0.1) is 11.3 Å². The molecule has 3 aromatic rings. The largest absolute Gasteiger partial charge is 0.497 e. The number of aryl methyl sites for hydroxylation is 1. The third kappa shape index (κ3) is 4.58. The molecule has 1 aromatic heterocycles. The van der Waals surface area contributed by atoms with E-state index >= 15 is 0 Å². The number of anilines is 1. The van der Waals surface area contributed by atoms with Gasteiger partial charge in [0.15, 0.2) is 5.13 Å². The highest BCUT2D eigenvalue weighted by molar-refractivity contribution is 7.14. The maximum atomic E-state index is 12.0. The van der Waals surface area contributed by atoms with Gasteiger partial charge in [-0.3, -0.25) is 5.32 Å². The van der Waals surface area contributed by atoms with E-state index in [9.17, 15) is 4.79 Å². The molecule has 0 aliphatic rings. The van der Waals surface area contributed by atoms with Crippen molar-refractivity contribution in [3.05, 3.63) is 65.0 Å². The molecule has 2 N–H and O–H groups in total. The van der Waals surface area contributed by atoms with Crippen LogP contribution in [0.5, 0.6) is 5.75 Å². The molecule has 5 nitrogen and oxygen atoms in total. The lowest BCUT2D eigenvalue weighted by Crippen LogP contribution is -2.28. The molecule has 0 aliphatic carbocycles. The van der Waals surface area contributed by atoms with Gasteiger partial charge in [0.25, 0.3) is 0 Å². The minimum absolute atomic E-state index is 0.277. The van der Waals surface area contributed by atoms with E-state index in [2.05, 4.69) is 15.6 Å². The van der Waals surface area contributed by atoms with Crippen LogP contribution in [0.4, 0.5) is 9.93 Å². The van der Waals surface area contributed by atoms with Crippen LogP contribution in [0.3, 0.4) is 0 Å². The summed E-state index contributed by atoms with van der Waals surface area (Å²) in [5.41, 5.74) is 4.09. The number of nitrogens with zero attached hydrogens (tertiary/aromatic N) is 1. The molecule has 0 saturated carbocycles. The van der Waals surface area contributed by atoms with E-state index in [1.165, 1.54) is 16.9 Å². The fourth-order valence-corrected chi connectivity index (χ4v) is 2.97. The molecular weight excluding hydrogens is 334 g/mol. The van der Waals surface area contributed by atoms with Crippen LogP contribution in [0, 0.1) is 6.92 Å². The van der Waals surface area contributed by atoms with Crippen molar-refractivity contribution in [3.63, 3.8) is 0 Å². The molecule has 0 atom stereocenters. The first-order valence-electron chi connectivity index (χ1n) is 7.84. The highest BCUT2D eigenvalue weighted by atomic mass is 32.1. The van der Waals surface area contributed by atoms with Gasteiger partial charge in [-0.25, -0.2) is 9.78 Å². The first kappa shape index (κ1) is 17.0. The van der Waals surface area contributed by atoms with Crippen molar-refractivity contribution in [1.29, 1.82) is 0 Å². The first-order chi connectivity index (χ1) is 12.1. The van der Waals surface area contributed by atoms with E-state index in [1.807, 2.05) is 60.8 Å². The SMILES string of the molecule is COc1ccc(CNC(=O)Nc2nc(-c3ccc(C)cc3)cs2)cc1. The summed E-state index contributed by atoms with van der Waals surface area (Å²) in [6.45, 7) is 2.48. The number of carbonyl (C=O) groups excluding carboxylic acids is 1. The second-order valence-electron chi connectivity index (χ2n) is 5.56. The van der Waals surface area contributed by atoms with E-state index in [1.54, 1.807) is 7.11 Å². The highest BCUT2D eigenvalue weighted by Gasteiger charge is 2.08. The van der Waals surface area contributed by atoms with Gasteiger partial charge in [0.05, 0.1) is 12.8 Å².